The van der Waals surface area contributed by atoms with E-state index in [4.69, 9.17) is 0 Å². The van der Waals surface area contributed by atoms with E-state index in [9.17, 15) is 18.7 Å². The Bertz CT molecular complexity index is 441. The van der Waals surface area contributed by atoms with Crippen LogP contribution in [0.1, 0.15) is 19.4 Å². The van der Waals surface area contributed by atoms with Crippen LogP contribution in [0.4, 0.5) is 8.78 Å². The Kier molecular flexibility index (Phi) is 4.40. The molecule has 0 fully saturated rings. The molecule has 0 unspecified atom stereocenters. The minimum Gasteiger partial charge on any atom is -0.389 e. The third-order valence-electron chi connectivity index (χ3n) is 2.40. The lowest BCUT2D eigenvalue weighted by molar-refractivity contribution is -0.131. The Balaban J connectivity index is 2.72. The molecule has 0 saturated heterocycles. The van der Waals surface area contributed by atoms with Gasteiger partial charge in [0.25, 0.3) is 0 Å². The van der Waals surface area contributed by atoms with Crippen LogP contribution in [0.3, 0.4) is 0 Å². The van der Waals surface area contributed by atoms with Gasteiger partial charge in [-0.25, -0.2) is 8.78 Å². The molecule has 0 bridgehead atoms. The maximum atomic E-state index is 13.3. The summed E-state index contributed by atoms with van der Waals surface area (Å²) >= 11 is 0. The van der Waals surface area contributed by atoms with E-state index in [1.807, 2.05) is 0 Å². The van der Waals surface area contributed by atoms with Crippen molar-refractivity contribution in [1.82, 2.24) is 4.90 Å². The van der Waals surface area contributed by atoms with Gasteiger partial charge in [-0.3, -0.25) is 4.79 Å². The minimum atomic E-state index is -1.02. The number of rotatable bonds is 4. The van der Waals surface area contributed by atoms with Crippen molar-refractivity contribution in [2.24, 2.45) is 0 Å². The fraction of sp³-hybridized carbons (Fsp3) is 0.462. The average molecular weight is 257 g/mol. The van der Waals surface area contributed by atoms with Gasteiger partial charge in [0.2, 0.25) is 5.91 Å². The van der Waals surface area contributed by atoms with Gasteiger partial charge in [0.1, 0.15) is 11.6 Å². The van der Waals surface area contributed by atoms with E-state index < -0.39 is 17.2 Å². The summed E-state index contributed by atoms with van der Waals surface area (Å²) < 4.78 is 26.3. The lowest BCUT2D eigenvalue weighted by atomic mass is 10.1. The first-order valence-electron chi connectivity index (χ1n) is 5.59. The zero-order chi connectivity index (χ0) is 13.9. The minimum absolute atomic E-state index is 0.0163. The summed E-state index contributed by atoms with van der Waals surface area (Å²) in [6.45, 7) is 3.27. The summed E-state index contributed by atoms with van der Waals surface area (Å²) in [7, 11) is 1.51. The lowest BCUT2D eigenvalue weighted by Gasteiger charge is -2.25. The molecule has 1 rings (SSSR count). The number of nitrogens with zero attached hydrogens (tertiary/aromatic N) is 1. The smallest absolute Gasteiger partial charge is 0.226 e. The largest absolute Gasteiger partial charge is 0.389 e. The molecular weight excluding hydrogens is 240 g/mol. The van der Waals surface area contributed by atoms with Crippen LogP contribution >= 0.6 is 0 Å². The second-order valence-corrected chi connectivity index (χ2v) is 4.97. The average Bonchev–Trinajstić information content (AvgIpc) is 2.21. The first-order valence-corrected chi connectivity index (χ1v) is 5.59. The fourth-order valence-corrected chi connectivity index (χ4v) is 1.65. The van der Waals surface area contributed by atoms with Gasteiger partial charge in [-0.15, -0.1) is 0 Å². The van der Waals surface area contributed by atoms with Gasteiger partial charge >= 0.3 is 0 Å². The van der Waals surface area contributed by atoms with E-state index in [0.29, 0.717) is 0 Å². The third-order valence-corrected chi connectivity index (χ3v) is 2.40. The molecule has 0 atom stereocenters. The Morgan fingerprint density at radius 1 is 1.39 bits per heavy atom. The van der Waals surface area contributed by atoms with Crippen molar-refractivity contribution in [2.75, 3.05) is 13.6 Å². The Morgan fingerprint density at radius 2 is 2.00 bits per heavy atom. The SMILES string of the molecule is CN(CC(C)(C)O)C(=O)Cc1cc(F)ccc1F. The van der Waals surface area contributed by atoms with Crippen LogP contribution in [0.2, 0.25) is 0 Å². The maximum absolute atomic E-state index is 13.3. The lowest BCUT2D eigenvalue weighted by Crippen LogP contribution is -2.40. The number of likely N-dealkylation sites (N-methyl/N-ethyl adjacent to an activating group) is 1. The van der Waals surface area contributed by atoms with Crippen LogP contribution < -0.4 is 0 Å². The fourth-order valence-electron chi connectivity index (χ4n) is 1.65. The molecule has 0 spiro atoms. The molecule has 0 aliphatic carbocycles. The van der Waals surface area contributed by atoms with Gasteiger partial charge in [0.15, 0.2) is 0 Å². The highest BCUT2D eigenvalue weighted by molar-refractivity contribution is 5.78. The summed E-state index contributed by atoms with van der Waals surface area (Å²) in [5.41, 5.74) is -1.01. The van der Waals surface area contributed by atoms with Crippen molar-refractivity contribution in [3.63, 3.8) is 0 Å². The summed E-state index contributed by atoms with van der Waals surface area (Å²) in [5.74, 6) is -1.56. The quantitative estimate of drug-likeness (QED) is 0.892. The highest BCUT2D eigenvalue weighted by Crippen LogP contribution is 2.12. The summed E-state index contributed by atoms with van der Waals surface area (Å²) in [4.78, 5) is 13.1. The van der Waals surface area contributed by atoms with Crippen molar-refractivity contribution >= 4 is 5.91 Å². The van der Waals surface area contributed by atoms with Crippen LogP contribution in [-0.2, 0) is 11.2 Å². The molecule has 0 aliphatic rings. The molecule has 100 valence electrons. The molecule has 1 aromatic carbocycles. The van der Waals surface area contributed by atoms with Crippen molar-refractivity contribution in [3.8, 4) is 0 Å². The monoisotopic (exact) mass is 257 g/mol. The van der Waals surface area contributed by atoms with E-state index in [1.54, 1.807) is 13.8 Å². The number of carbonyl (C=O) groups is 1. The van der Waals surface area contributed by atoms with E-state index >= 15 is 0 Å². The van der Waals surface area contributed by atoms with E-state index in [2.05, 4.69) is 0 Å². The molecule has 0 aliphatic heterocycles. The second-order valence-electron chi connectivity index (χ2n) is 4.97. The molecular formula is C13H17F2NO2. The number of halogens is 2. The molecule has 0 aromatic heterocycles. The number of amides is 1. The molecule has 5 heteroatoms. The topological polar surface area (TPSA) is 40.5 Å². The van der Waals surface area contributed by atoms with Gasteiger partial charge in [-0.1, -0.05) is 0 Å². The highest BCUT2D eigenvalue weighted by Gasteiger charge is 2.20. The van der Waals surface area contributed by atoms with E-state index in [0.717, 1.165) is 18.2 Å². The molecule has 1 amide bonds. The van der Waals surface area contributed by atoms with Crippen LogP contribution in [0.5, 0.6) is 0 Å². The van der Waals surface area contributed by atoms with E-state index in [-0.39, 0.29) is 24.4 Å². The third kappa shape index (κ3) is 4.41. The highest BCUT2D eigenvalue weighted by atomic mass is 19.1. The summed E-state index contributed by atoms with van der Waals surface area (Å²) in [6.07, 6.45) is -0.226. The van der Waals surface area contributed by atoms with Gasteiger partial charge in [0.05, 0.1) is 12.0 Å². The van der Waals surface area contributed by atoms with Crippen LogP contribution in [-0.4, -0.2) is 35.1 Å². The second kappa shape index (κ2) is 5.44. The van der Waals surface area contributed by atoms with Crippen molar-refractivity contribution < 1.29 is 18.7 Å². The van der Waals surface area contributed by atoms with E-state index in [1.165, 1.54) is 11.9 Å². The van der Waals surface area contributed by atoms with Gasteiger partial charge in [0, 0.05) is 19.2 Å². The Hall–Kier alpha value is -1.49. The maximum Gasteiger partial charge on any atom is 0.226 e. The van der Waals surface area contributed by atoms with Gasteiger partial charge in [-0.05, 0) is 32.0 Å². The molecule has 0 radical (unpaired) electrons. The molecule has 1 aromatic rings. The molecule has 3 nitrogen and oxygen atoms in total. The van der Waals surface area contributed by atoms with Crippen molar-refractivity contribution in [2.45, 2.75) is 25.9 Å². The zero-order valence-electron chi connectivity index (χ0n) is 10.7. The van der Waals surface area contributed by atoms with Crippen molar-refractivity contribution in [1.29, 1.82) is 0 Å². The first kappa shape index (κ1) is 14.6. The summed E-state index contributed by atoms with van der Waals surface area (Å²) in [6, 6.07) is 3.00. The Labute approximate surface area is 105 Å². The zero-order valence-corrected chi connectivity index (χ0v) is 10.7. The molecule has 18 heavy (non-hydrogen) atoms. The van der Waals surface area contributed by atoms with Gasteiger partial charge in [-0.2, -0.15) is 0 Å². The van der Waals surface area contributed by atoms with Crippen molar-refractivity contribution in [3.05, 3.63) is 35.4 Å². The molecule has 1 N–H and O–H groups in total. The number of benzene rings is 1. The van der Waals surface area contributed by atoms with Crippen LogP contribution in [0, 0.1) is 11.6 Å². The standard InChI is InChI=1S/C13H17F2NO2/c1-13(2,18)8-16(3)12(17)7-9-6-10(14)4-5-11(9)15/h4-6,18H,7-8H2,1-3H3. The first-order chi connectivity index (χ1) is 8.19. The number of hydrogen-bond acceptors (Lipinski definition) is 2. The molecule has 0 heterocycles. The molecule has 0 saturated carbocycles. The van der Waals surface area contributed by atoms with Crippen LogP contribution in [0.25, 0.3) is 0 Å². The normalized spacial score (nSPS) is 11.4. The Morgan fingerprint density at radius 3 is 2.56 bits per heavy atom. The van der Waals surface area contributed by atoms with Gasteiger partial charge < -0.3 is 10.0 Å². The number of hydrogen-bond donors (Lipinski definition) is 1. The predicted octanol–water partition coefficient (Wildman–Crippen LogP) is 1.74. The van der Waals surface area contributed by atoms with Crippen LogP contribution in [0.15, 0.2) is 18.2 Å². The predicted molar refractivity (Wildman–Crippen MR) is 64.0 cm³/mol. The summed E-state index contributed by atoms with van der Waals surface area (Å²) in [5, 5.41) is 9.57. The number of aliphatic hydroxyl groups is 1. The number of carbonyl (C=O) groups excluding carboxylic acids is 1.